The summed E-state index contributed by atoms with van der Waals surface area (Å²) in [4.78, 5) is 15.0. The number of rotatable bonds is 7. The van der Waals surface area contributed by atoms with Crippen molar-refractivity contribution in [3.05, 3.63) is 12.2 Å². The molecular formula is C17H29N5O. The smallest absolute Gasteiger partial charge is 0.237 e. The van der Waals surface area contributed by atoms with E-state index in [1.807, 2.05) is 0 Å². The van der Waals surface area contributed by atoms with Crippen LogP contribution in [0.1, 0.15) is 57.7 Å². The molecule has 0 radical (unpaired) electrons. The first kappa shape index (κ1) is 16.4. The molecular weight excluding hydrogens is 290 g/mol. The van der Waals surface area contributed by atoms with Gasteiger partial charge in [0.2, 0.25) is 5.91 Å². The highest BCUT2D eigenvalue weighted by atomic mass is 16.2. The van der Waals surface area contributed by atoms with Crippen LogP contribution in [0.3, 0.4) is 0 Å². The van der Waals surface area contributed by atoms with Gasteiger partial charge in [-0.15, -0.1) is 10.2 Å². The minimum absolute atomic E-state index is 0.000820. The molecule has 1 aromatic heterocycles. The third-order valence-corrected chi connectivity index (χ3v) is 4.92. The molecule has 1 saturated carbocycles. The first-order chi connectivity index (χ1) is 11.2. The maximum absolute atomic E-state index is 12.7. The normalized spacial score (nSPS) is 20.7. The van der Waals surface area contributed by atoms with E-state index in [0.717, 1.165) is 25.5 Å². The van der Waals surface area contributed by atoms with E-state index >= 15 is 0 Å². The van der Waals surface area contributed by atoms with Crippen molar-refractivity contribution in [3.63, 3.8) is 0 Å². The largest absolute Gasteiger partial charge is 0.353 e. The fraction of sp³-hybridized carbons (Fsp3) is 0.824. The lowest BCUT2D eigenvalue weighted by Gasteiger charge is -2.35. The Morgan fingerprint density at radius 1 is 1.30 bits per heavy atom. The molecule has 1 amide bonds. The van der Waals surface area contributed by atoms with E-state index in [2.05, 4.69) is 38.8 Å². The molecule has 23 heavy (non-hydrogen) atoms. The number of carbonyl (C=O) groups is 1. The van der Waals surface area contributed by atoms with E-state index in [4.69, 9.17) is 0 Å². The van der Waals surface area contributed by atoms with E-state index in [1.54, 1.807) is 6.33 Å². The second-order valence-corrected chi connectivity index (χ2v) is 7.23. The molecule has 0 aromatic carbocycles. The van der Waals surface area contributed by atoms with Crippen LogP contribution in [0.4, 0.5) is 0 Å². The fourth-order valence-corrected chi connectivity index (χ4v) is 3.58. The van der Waals surface area contributed by atoms with Gasteiger partial charge >= 0.3 is 0 Å². The monoisotopic (exact) mass is 319 g/mol. The van der Waals surface area contributed by atoms with Gasteiger partial charge in [0.05, 0.1) is 6.04 Å². The van der Waals surface area contributed by atoms with Crippen LogP contribution >= 0.6 is 0 Å². The van der Waals surface area contributed by atoms with E-state index in [-0.39, 0.29) is 11.9 Å². The van der Waals surface area contributed by atoms with Crippen LogP contribution in [0, 0.1) is 5.92 Å². The Morgan fingerprint density at radius 2 is 2.04 bits per heavy atom. The Morgan fingerprint density at radius 3 is 2.70 bits per heavy atom. The Kier molecular flexibility index (Phi) is 5.30. The molecule has 0 spiro atoms. The first-order valence-corrected chi connectivity index (χ1v) is 9.06. The van der Waals surface area contributed by atoms with Gasteiger partial charge in [-0.3, -0.25) is 9.69 Å². The van der Waals surface area contributed by atoms with Gasteiger partial charge in [0.15, 0.2) is 0 Å². The second kappa shape index (κ2) is 7.43. The minimum atomic E-state index is -0.000820. The van der Waals surface area contributed by atoms with Crippen LogP contribution in [0.25, 0.3) is 0 Å². The summed E-state index contributed by atoms with van der Waals surface area (Å²) in [7, 11) is 0. The number of nitrogens with one attached hydrogen (secondary N) is 1. The van der Waals surface area contributed by atoms with E-state index in [0.29, 0.717) is 18.4 Å². The molecule has 6 nitrogen and oxygen atoms in total. The van der Waals surface area contributed by atoms with Gasteiger partial charge in [-0.2, -0.15) is 0 Å². The molecule has 1 N–H and O–H groups in total. The molecule has 1 aliphatic carbocycles. The molecule has 1 aromatic rings. The number of amides is 1. The minimum Gasteiger partial charge on any atom is -0.353 e. The second-order valence-electron chi connectivity index (χ2n) is 7.23. The summed E-state index contributed by atoms with van der Waals surface area (Å²) in [5.74, 6) is 2.17. The van der Waals surface area contributed by atoms with Gasteiger partial charge in [0, 0.05) is 19.0 Å². The molecule has 1 atom stereocenters. The van der Waals surface area contributed by atoms with Crippen LogP contribution in [0.15, 0.2) is 6.33 Å². The van der Waals surface area contributed by atoms with E-state index in [1.165, 1.54) is 32.1 Å². The lowest BCUT2D eigenvalue weighted by atomic mass is 9.98. The van der Waals surface area contributed by atoms with Crippen molar-refractivity contribution in [2.75, 3.05) is 19.6 Å². The zero-order chi connectivity index (χ0) is 16.2. The summed E-state index contributed by atoms with van der Waals surface area (Å²) in [6, 6.07) is -0.000820. The van der Waals surface area contributed by atoms with Crippen molar-refractivity contribution >= 4 is 5.91 Å². The van der Waals surface area contributed by atoms with Crippen molar-refractivity contribution in [1.82, 2.24) is 25.0 Å². The maximum Gasteiger partial charge on any atom is 0.237 e. The third-order valence-electron chi connectivity index (χ3n) is 4.92. The van der Waals surface area contributed by atoms with Crippen molar-refractivity contribution in [3.8, 4) is 0 Å². The molecule has 0 unspecified atom stereocenters. The highest BCUT2D eigenvalue weighted by Crippen LogP contribution is 2.38. The Balaban J connectivity index is 1.51. The van der Waals surface area contributed by atoms with Gasteiger partial charge in [-0.05, 0) is 44.7 Å². The summed E-state index contributed by atoms with van der Waals surface area (Å²) in [6.45, 7) is 7.79. The van der Waals surface area contributed by atoms with Crippen LogP contribution in [-0.2, 0) is 11.3 Å². The predicted molar refractivity (Wildman–Crippen MR) is 89.1 cm³/mol. The van der Waals surface area contributed by atoms with Crippen LogP contribution in [0.5, 0.6) is 0 Å². The molecule has 6 heteroatoms. The van der Waals surface area contributed by atoms with Crippen LogP contribution in [0.2, 0.25) is 0 Å². The number of carbonyl (C=O) groups excluding carboxylic acids is 1. The number of hydrogen-bond acceptors (Lipinski definition) is 4. The molecule has 1 saturated heterocycles. The first-order valence-electron chi connectivity index (χ1n) is 9.06. The standard InChI is InChI=1S/C17H29N5O/c1-13(2)15(21-9-4-3-5-10-21)17(23)18-8-11-22-12-19-20-16(22)14-6-7-14/h12-15H,3-11H2,1-2H3,(H,18,23)/t15-/m1/s1. The number of nitrogens with zero attached hydrogens (tertiary/aromatic N) is 4. The highest BCUT2D eigenvalue weighted by Gasteiger charge is 2.30. The summed E-state index contributed by atoms with van der Waals surface area (Å²) < 4.78 is 2.09. The topological polar surface area (TPSA) is 63.1 Å². The molecule has 3 rings (SSSR count). The Hall–Kier alpha value is -1.43. The van der Waals surface area contributed by atoms with Crippen LogP contribution < -0.4 is 5.32 Å². The lowest BCUT2D eigenvalue weighted by Crippen LogP contribution is -2.52. The molecule has 2 fully saturated rings. The summed E-state index contributed by atoms with van der Waals surface area (Å²) in [5, 5.41) is 11.3. The maximum atomic E-state index is 12.7. The zero-order valence-corrected chi connectivity index (χ0v) is 14.4. The quantitative estimate of drug-likeness (QED) is 0.832. The molecule has 0 bridgehead atoms. The van der Waals surface area contributed by atoms with Gasteiger partial charge in [0.25, 0.3) is 0 Å². The zero-order valence-electron chi connectivity index (χ0n) is 14.4. The number of hydrogen-bond donors (Lipinski definition) is 1. The Bertz CT molecular complexity index is 517. The molecule has 2 aliphatic rings. The van der Waals surface area contributed by atoms with E-state index in [9.17, 15) is 4.79 Å². The van der Waals surface area contributed by atoms with Crippen molar-refractivity contribution in [1.29, 1.82) is 0 Å². The predicted octanol–water partition coefficient (Wildman–Crippen LogP) is 1.78. The van der Waals surface area contributed by atoms with Gasteiger partial charge in [0.1, 0.15) is 12.2 Å². The van der Waals surface area contributed by atoms with Crippen molar-refractivity contribution in [2.45, 2.75) is 64.5 Å². The third kappa shape index (κ3) is 4.10. The van der Waals surface area contributed by atoms with Gasteiger partial charge in [-0.1, -0.05) is 20.3 Å². The average molecular weight is 319 g/mol. The Labute approximate surface area is 138 Å². The molecule has 128 valence electrons. The fourth-order valence-electron chi connectivity index (χ4n) is 3.58. The number of likely N-dealkylation sites (tertiary alicyclic amines) is 1. The number of aromatic nitrogens is 3. The lowest BCUT2D eigenvalue weighted by molar-refractivity contribution is -0.128. The van der Waals surface area contributed by atoms with Crippen molar-refractivity contribution in [2.24, 2.45) is 5.92 Å². The van der Waals surface area contributed by atoms with Gasteiger partial charge in [-0.25, -0.2) is 0 Å². The SMILES string of the molecule is CC(C)[C@H](C(=O)NCCn1cnnc1C1CC1)N1CCCCC1. The molecule has 2 heterocycles. The summed E-state index contributed by atoms with van der Waals surface area (Å²) in [6.07, 6.45) is 7.93. The average Bonchev–Trinajstić information content (AvgIpc) is 3.27. The number of piperidine rings is 1. The molecule has 1 aliphatic heterocycles. The highest BCUT2D eigenvalue weighted by molar-refractivity contribution is 5.82. The summed E-state index contributed by atoms with van der Waals surface area (Å²) >= 11 is 0. The summed E-state index contributed by atoms with van der Waals surface area (Å²) in [5.41, 5.74) is 0. The van der Waals surface area contributed by atoms with Gasteiger partial charge < -0.3 is 9.88 Å². The van der Waals surface area contributed by atoms with E-state index < -0.39 is 0 Å². The van der Waals surface area contributed by atoms with Crippen molar-refractivity contribution < 1.29 is 4.79 Å². The van der Waals surface area contributed by atoms with Crippen LogP contribution in [-0.4, -0.2) is 51.2 Å².